The molecule has 1 aromatic carbocycles. The number of allylic oxidation sites excluding steroid dienone is 3. The second-order valence-corrected chi connectivity index (χ2v) is 6.76. The number of hydrogen-bond acceptors (Lipinski definition) is 4. The second kappa shape index (κ2) is 12.8. The predicted octanol–water partition coefficient (Wildman–Crippen LogP) is 5.82. The summed E-state index contributed by atoms with van der Waals surface area (Å²) in [6.07, 6.45) is 11.1. The van der Waals surface area contributed by atoms with Gasteiger partial charge in [0.25, 0.3) is 0 Å². The molecule has 0 aromatic heterocycles. The number of esters is 1. The Hall–Kier alpha value is -2.49. The summed E-state index contributed by atoms with van der Waals surface area (Å²) in [6.45, 7) is 9.11. The minimum absolute atomic E-state index is 0.0968. The molecule has 0 radical (unpaired) electrons. The SMILES string of the molecule is CCCCOc1cc(C=CC(=O)OCC=C(C)CCC=C(C)C)ccc1O. The molecule has 0 bridgehead atoms. The molecule has 0 unspecified atom stereocenters. The van der Waals surface area contributed by atoms with Crippen molar-refractivity contribution in [1.29, 1.82) is 0 Å². The lowest BCUT2D eigenvalue weighted by Gasteiger charge is -2.08. The zero-order valence-electron chi connectivity index (χ0n) is 17.0. The molecule has 27 heavy (non-hydrogen) atoms. The van der Waals surface area contributed by atoms with Crippen molar-refractivity contribution < 1.29 is 19.4 Å². The fourth-order valence-corrected chi connectivity index (χ4v) is 2.25. The van der Waals surface area contributed by atoms with Gasteiger partial charge in [-0.15, -0.1) is 0 Å². The van der Waals surface area contributed by atoms with Crippen LogP contribution in [-0.4, -0.2) is 24.3 Å². The van der Waals surface area contributed by atoms with E-state index in [2.05, 4.69) is 26.8 Å². The third-order valence-electron chi connectivity index (χ3n) is 3.90. The van der Waals surface area contributed by atoms with Crippen LogP contribution in [0.25, 0.3) is 6.08 Å². The van der Waals surface area contributed by atoms with Gasteiger partial charge in [-0.2, -0.15) is 0 Å². The molecule has 0 aliphatic carbocycles. The highest BCUT2D eigenvalue weighted by atomic mass is 16.5. The molecule has 1 aromatic rings. The molecule has 0 amide bonds. The Bertz CT molecular complexity index is 680. The summed E-state index contributed by atoms with van der Waals surface area (Å²) in [4.78, 5) is 11.8. The fraction of sp³-hybridized carbons (Fsp3) is 0.435. The molecule has 1 N–H and O–H groups in total. The van der Waals surface area contributed by atoms with Gasteiger partial charge in [0, 0.05) is 6.08 Å². The highest BCUT2D eigenvalue weighted by Crippen LogP contribution is 2.27. The maximum Gasteiger partial charge on any atom is 0.331 e. The van der Waals surface area contributed by atoms with Crippen molar-refractivity contribution in [3.63, 3.8) is 0 Å². The van der Waals surface area contributed by atoms with Crippen LogP contribution in [0.5, 0.6) is 11.5 Å². The van der Waals surface area contributed by atoms with Crippen molar-refractivity contribution in [3.05, 3.63) is 53.1 Å². The standard InChI is InChI=1S/C23H32O4/c1-5-6-15-26-22-17-20(10-12-21(22)24)11-13-23(25)27-16-14-19(4)9-7-8-18(2)3/h8,10-14,17,24H,5-7,9,15-16H2,1-4H3. The molecule has 0 fully saturated rings. The lowest BCUT2D eigenvalue weighted by Crippen LogP contribution is -2.00. The van der Waals surface area contributed by atoms with Gasteiger partial charge in [-0.05, 0) is 69.9 Å². The Balaban J connectivity index is 2.48. The van der Waals surface area contributed by atoms with Crippen LogP contribution in [-0.2, 0) is 9.53 Å². The molecule has 0 aliphatic heterocycles. The van der Waals surface area contributed by atoms with Crippen molar-refractivity contribution in [2.45, 2.75) is 53.4 Å². The smallest absolute Gasteiger partial charge is 0.331 e. The summed E-state index contributed by atoms with van der Waals surface area (Å²) < 4.78 is 10.7. The van der Waals surface area contributed by atoms with Crippen molar-refractivity contribution in [1.82, 2.24) is 0 Å². The lowest BCUT2D eigenvalue weighted by molar-refractivity contribution is -0.136. The number of hydrogen-bond donors (Lipinski definition) is 1. The van der Waals surface area contributed by atoms with Crippen molar-refractivity contribution in [2.75, 3.05) is 13.2 Å². The van der Waals surface area contributed by atoms with Crippen LogP contribution in [0.1, 0.15) is 58.9 Å². The van der Waals surface area contributed by atoms with Gasteiger partial charge in [-0.25, -0.2) is 4.79 Å². The van der Waals surface area contributed by atoms with Gasteiger partial charge in [0.05, 0.1) is 6.61 Å². The van der Waals surface area contributed by atoms with Crippen LogP contribution in [0.15, 0.2) is 47.6 Å². The molecular weight excluding hydrogens is 340 g/mol. The minimum Gasteiger partial charge on any atom is -0.504 e. The van der Waals surface area contributed by atoms with Crippen LogP contribution in [0.3, 0.4) is 0 Å². The van der Waals surface area contributed by atoms with Crippen LogP contribution < -0.4 is 4.74 Å². The average Bonchev–Trinajstić information content (AvgIpc) is 2.62. The molecule has 1 rings (SSSR count). The summed E-state index contributed by atoms with van der Waals surface area (Å²) in [5.74, 6) is 0.123. The van der Waals surface area contributed by atoms with Gasteiger partial charge in [0.15, 0.2) is 11.5 Å². The number of carbonyl (C=O) groups excluding carboxylic acids is 1. The van der Waals surface area contributed by atoms with E-state index in [0.29, 0.717) is 12.4 Å². The minimum atomic E-state index is -0.398. The maximum absolute atomic E-state index is 11.8. The van der Waals surface area contributed by atoms with E-state index in [1.165, 1.54) is 17.2 Å². The molecule has 0 saturated heterocycles. The van der Waals surface area contributed by atoms with E-state index in [1.807, 2.05) is 13.0 Å². The molecule has 0 heterocycles. The van der Waals surface area contributed by atoms with E-state index in [-0.39, 0.29) is 12.4 Å². The van der Waals surface area contributed by atoms with Crippen molar-refractivity contribution >= 4 is 12.0 Å². The van der Waals surface area contributed by atoms with Crippen LogP contribution in [0, 0.1) is 0 Å². The molecular formula is C23H32O4. The quantitative estimate of drug-likeness (QED) is 0.230. The Morgan fingerprint density at radius 2 is 1.96 bits per heavy atom. The number of phenols is 1. The monoisotopic (exact) mass is 372 g/mol. The van der Waals surface area contributed by atoms with E-state index >= 15 is 0 Å². The van der Waals surface area contributed by atoms with E-state index in [4.69, 9.17) is 9.47 Å². The summed E-state index contributed by atoms with van der Waals surface area (Å²) in [5.41, 5.74) is 3.29. The normalized spacial score (nSPS) is 11.5. The van der Waals surface area contributed by atoms with E-state index < -0.39 is 5.97 Å². The Morgan fingerprint density at radius 3 is 2.67 bits per heavy atom. The second-order valence-electron chi connectivity index (χ2n) is 6.76. The first-order valence-corrected chi connectivity index (χ1v) is 9.52. The predicted molar refractivity (Wildman–Crippen MR) is 111 cm³/mol. The Morgan fingerprint density at radius 1 is 1.19 bits per heavy atom. The van der Waals surface area contributed by atoms with Crippen LogP contribution >= 0.6 is 0 Å². The first kappa shape index (κ1) is 22.6. The number of benzene rings is 1. The molecule has 4 nitrogen and oxygen atoms in total. The zero-order chi connectivity index (χ0) is 20.1. The van der Waals surface area contributed by atoms with Gasteiger partial charge in [0.2, 0.25) is 0 Å². The fourth-order valence-electron chi connectivity index (χ4n) is 2.25. The number of aromatic hydroxyl groups is 1. The van der Waals surface area contributed by atoms with Crippen molar-refractivity contribution in [3.8, 4) is 11.5 Å². The van der Waals surface area contributed by atoms with Gasteiger partial charge in [0.1, 0.15) is 6.61 Å². The summed E-state index contributed by atoms with van der Waals surface area (Å²) >= 11 is 0. The van der Waals surface area contributed by atoms with Gasteiger partial charge in [-0.3, -0.25) is 0 Å². The summed E-state index contributed by atoms with van der Waals surface area (Å²) in [7, 11) is 0. The van der Waals surface area contributed by atoms with E-state index in [0.717, 1.165) is 31.2 Å². The molecule has 4 heteroatoms. The largest absolute Gasteiger partial charge is 0.504 e. The van der Waals surface area contributed by atoms with Gasteiger partial charge >= 0.3 is 5.97 Å². The molecule has 0 aliphatic rings. The first-order valence-electron chi connectivity index (χ1n) is 9.52. The van der Waals surface area contributed by atoms with Crippen LogP contribution in [0.2, 0.25) is 0 Å². The average molecular weight is 373 g/mol. The zero-order valence-corrected chi connectivity index (χ0v) is 17.0. The number of rotatable bonds is 11. The number of phenolic OH excluding ortho intramolecular Hbond substituents is 1. The molecule has 0 saturated carbocycles. The summed E-state index contributed by atoms with van der Waals surface area (Å²) in [6, 6.07) is 4.99. The highest BCUT2D eigenvalue weighted by Gasteiger charge is 2.03. The Kier molecular flexibility index (Phi) is 10.7. The number of ether oxygens (including phenoxy) is 2. The Labute approximate surface area is 163 Å². The number of unbranched alkanes of at least 4 members (excludes halogenated alkanes) is 1. The van der Waals surface area contributed by atoms with Gasteiger partial charge in [-0.1, -0.05) is 36.6 Å². The van der Waals surface area contributed by atoms with Crippen LogP contribution in [0.4, 0.5) is 0 Å². The van der Waals surface area contributed by atoms with E-state index in [9.17, 15) is 9.90 Å². The molecule has 0 atom stereocenters. The number of carbonyl (C=O) groups is 1. The molecule has 0 spiro atoms. The summed E-state index contributed by atoms with van der Waals surface area (Å²) in [5, 5.41) is 9.82. The topological polar surface area (TPSA) is 55.8 Å². The van der Waals surface area contributed by atoms with Crippen molar-refractivity contribution in [2.24, 2.45) is 0 Å². The lowest BCUT2D eigenvalue weighted by atomic mass is 10.1. The highest BCUT2D eigenvalue weighted by molar-refractivity contribution is 5.87. The van der Waals surface area contributed by atoms with E-state index in [1.54, 1.807) is 24.3 Å². The third kappa shape index (κ3) is 10.3. The van der Waals surface area contributed by atoms with Gasteiger partial charge < -0.3 is 14.6 Å². The maximum atomic E-state index is 11.8. The first-order chi connectivity index (χ1) is 12.9. The molecule has 148 valence electrons. The third-order valence-corrected chi connectivity index (χ3v) is 3.90.